The fourth-order valence-electron chi connectivity index (χ4n) is 4.54. The fraction of sp³-hybridized carbons (Fsp3) is 0.355. The molecule has 0 aliphatic rings. The van der Waals surface area contributed by atoms with Crippen LogP contribution in [0.4, 0.5) is 10.1 Å². The van der Waals surface area contributed by atoms with Crippen LogP contribution in [-0.2, 0) is 32.6 Å². The zero-order chi connectivity index (χ0) is 30.0. The van der Waals surface area contributed by atoms with Crippen LogP contribution < -0.4 is 14.4 Å². The number of rotatable bonds is 14. The van der Waals surface area contributed by atoms with Gasteiger partial charge in [-0.1, -0.05) is 54.6 Å². The van der Waals surface area contributed by atoms with E-state index in [1.165, 1.54) is 28.4 Å². The molecular weight excluding hydrogens is 545 g/mol. The highest BCUT2D eigenvalue weighted by Crippen LogP contribution is 2.30. The lowest BCUT2D eigenvalue weighted by molar-refractivity contribution is -0.141. The van der Waals surface area contributed by atoms with Gasteiger partial charge in [-0.2, -0.15) is 0 Å². The van der Waals surface area contributed by atoms with Crippen molar-refractivity contribution in [2.45, 2.75) is 51.7 Å². The summed E-state index contributed by atoms with van der Waals surface area (Å²) in [7, 11) is -2.21. The van der Waals surface area contributed by atoms with Crippen LogP contribution in [-0.4, -0.2) is 57.1 Å². The monoisotopic (exact) mass is 583 g/mol. The minimum absolute atomic E-state index is 0.0113. The Hall–Kier alpha value is -3.92. The van der Waals surface area contributed by atoms with Crippen molar-refractivity contribution in [2.24, 2.45) is 0 Å². The molecule has 8 nitrogen and oxygen atoms in total. The largest absolute Gasteiger partial charge is 0.495 e. The lowest BCUT2D eigenvalue weighted by atomic mass is 10.0. The molecule has 0 fully saturated rings. The van der Waals surface area contributed by atoms with Gasteiger partial charge in [0.2, 0.25) is 21.8 Å². The molecule has 220 valence electrons. The summed E-state index contributed by atoms with van der Waals surface area (Å²) in [5, 5.41) is 2.93. The van der Waals surface area contributed by atoms with E-state index in [2.05, 4.69) is 5.32 Å². The van der Waals surface area contributed by atoms with Gasteiger partial charge in [-0.05, 0) is 55.7 Å². The zero-order valence-electron chi connectivity index (χ0n) is 23.9. The summed E-state index contributed by atoms with van der Waals surface area (Å²) in [6, 6.07) is 21.0. The lowest BCUT2D eigenvalue weighted by Crippen LogP contribution is -2.51. The molecule has 0 heterocycles. The van der Waals surface area contributed by atoms with E-state index in [1.807, 2.05) is 44.2 Å². The number of hydrogen-bond donors (Lipinski definition) is 1. The van der Waals surface area contributed by atoms with E-state index in [9.17, 15) is 22.4 Å². The average molecular weight is 584 g/mol. The van der Waals surface area contributed by atoms with Gasteiger partial charge in [-0.15, -0.1) is 0 Å². The molecule has 0 spiro atoms. The topological polar surface area (TPSA) is 96.0 Å². The second kappa shape index (κ2) is 14.6. The number of nitrogens with one attached hydrogen (secondary N) is 1. The molecule has 0 aliphatic heterocycles. The van der Waals surface area contributed by atoms with Gasteiger partial charge in [-0.25, -0.2) is 12.8 Å². The molecule has 3 aromatic carbocycles. The van der Waals surface area contributed by atoms with Crippen molar-refractivity contribution in [3.05, 3.63) is 95.8 Å². The molecule has 1 N–H and O–H groups in total. The van der Waals surface area contributed by atoms with Gasteiger partial charge >= 0.3 is 0 Å². The van der Waals surface area contributed by atoms with Crippen LogP contribution in [0, 0.1) is 5.82 Å². The van der Waals surface area contributed by atoms with Crippen molar-refractivity contribution in [3.8, 4) is 5.75 Å². The Morgan fingerprint density at radius 3 is 2.17 bits per heavy atom. The van der Waals surface area contributed by atoms with Crippen molar-refractivity contribution in [3.63, 3.8) is 0 Å². The molecule has 3 aromatic rings. The van der Waals surface area contributed by atoms with Crippen LogP contribution in [0.3, 0.4) is 0 Å². The van der Waals surface area contributed by atoms with Crippen molar-refractivity contribution in [1.29, 1.82) is 0 Å². The molecule has 0 saturated carbocycles. The summed E-state index contributed by atoms with van der Waals surface area (Å²) in [6.45, 7) is 3.82. The van der Waals surface area contributed by atoms with E-state index >= 15 is 0 Å². The Morgan fingerprint density at radius 2 is 1.56 bits per heavy atom. The van der Waals surface area contributed by atoms with Gasteiger partial charge in [0.1, 0.15) is 17.6 Å². The van der Waals surface area contributed by atoms with Gasteiger partial charge in [0.15, 0.2) is 0 Å². The number of methoxy groups -OCH3 is 1. The fourth-order valence-corrected chi connectivity index (χ4v) is 5.51. The highest BCUT2D eigenvalue weighted by molar-refractivity contribution is 7.92. The molecule has 3 rings (SSSR count). The summed E-state index contributed by atoms with van der Waals surface area (Å²) in [5.74, 6) is -0.619. The van der Waals surface area contributed by atoms with E-state index in [0.29, 0.717) is 17.0 Å². The number of carbonyl (C=O) groups excluding carboxylic acids is 2. The molecule has 10 heteroatoms. The van der Waals surface area contributed by atoms with E-state index < -0.39 is 21.9 Å². The maximum Gasteiger partial charge on any atom is 0.243 e. The molecule has 41 heavy (non-hydrogen) atoms. The highest BCUT2D eigenvalue weighted by Gasteiger charge is 2.31. The molecular formula is C31H38FN3O5S. The average Bonchev–Trinajstić information content (AvgIpc) is 2.93. The Kier molecular flexibility index (Phi) is 11.3. The van der Waals surface area contributed by atoms with Crippen LogP contribution >= 0.6 is 0 Å². The number of amides is 2. The molecule has 0 bridgehead atoms. The van der Waals surface area contributed by atoms with Crippen molar-refractivity contribution < 1.29 is 27.1 Å². The Balaban J connectivity index is 1.89. The van der Waals surface area contributed by atoms with Crippen LogP contribution in [0.15, 0.2) is 78.9 Å². The van der Waals surface area contributed by atoms with Gasteiger partial charge < -0.3 is 15.0 Å². The number of benzene rings is 3. The van der Waals surface area contributed by atoms with Crippen LogP contribution in [0.25, 0.3) is 0 Å². The Bertz CT molecular complexity index is 1400. The van der Waals surface area contributed by atoms with E-state index in [1.54, 1.807) is 36.4 Å². The zero-order valence-corrected chi connectivity index (χ0v) is 24.7. The summed E-state index contributed by atoms with van der Waals surface area (Å²) in [5.41, 5.74) is 1.93. The van der Waals surface area contributed by atoms with Crippen molar-refractivity contribution in [1.82, 2.24) is 10.2 Å². The normalized spacial score (nSPS) is 12.0. The molecule has 1 unspecified atom stereocenters. The van der Waals surface area contributed by atoms with Crippen molar-refractivity contribution >= 4 is 27.5 Å². The van der Waals surface area contributed by atoms with Crippen LogP contribution in [0.5, 0.6) is 5.75 Å². The number of sulfonamides is 1. The maximum absolute atomic E-state index is 13.8. The number of halogens is 1. The van der Waals surface area contributed by atoms with Crippen LogP contribution in [0.1, 0.15) is 37.8 Å². The third kappa shape index (κ3) is 9.31. The maximum atomic E-state index is 13.8. The van der Waals surface area contributed by atoms with Gasteiger partial charge in [0.05, 0.1) is 19.1 Å². The first kappa shape index (κ1) is 31.6. The van der Waals surface area contributed by atoms with Gasteiger partial charge in [0, 0.05) is 32.0 Å². The second-order valence-electron chi connectivity index (χ2n) is 10.1. The Morgan fingerprint density at radius 1 is 0.927 bits per heavy atom. The minimum Gasteiger partial charge on any atom is -0.495 e. The third-order valence-corrected chi connectivity index (χ3v) is 7.65. The van der Waals surface area contributed by atoms with Crippen molar-refractivity contribution in [2.75, 3.05) is 24.2 Å². The lowest BCUT2D eigenvalue weighted by Gasteiger charge is -2.32. The predicted molar refractivity (Wildman–Crippen MR) is 159 cm³/mol. The SMILES string of the molecule is COc1ccccc1N(CCCC(=O)N(Cc1ccc(F)cc1)C(Cc1ccccc1)C(=O)NC(C)C)S(C)(=O)=O. The molecule has 0 saturated heterocycles. The standard InChI is InChI=1S/C31H38FN3O5S/c1-23(2)33-31(37)28(21-24-11-6-5-7-12-24)34(22-25-16-18-26(32)19-17-25)30(36)15-10-20-35(41(4,38)39)27-13-8-9-14-29(27)40-3/h5-9,11-14,16-19,23,28H,10,15,20-22H2,1-4H3,(H,33,37). The predicted octanol–water partition coefficient (Wildman–Crippen LogP) is 4.55. The summed E-state index contributed by atoms with van der Waals surface area (Å²) < 4.78 is 45.5. The molecule has 1 atom stereocenters. The number of nitrogens with zero attached hydrogens (tertiary/aromatic N) is 2. The van der Waals surface area contributed by atoms with E-state index in [4.69, 9.17) is 4.74 Å². The Labute approximate surface area is 242 Å². The van der Waals surface area contributed by atoms with Crippen LogP contribution in [0.2, 0.25) is 0 Å². The smallest absolute Gasteiger partial charge is 0.243 e. The van der Waals surface area contributed by atoms with Gasteiger partial charge in [-0.3, -0.25) is 13.9 Å². The first-order chi connectivity index (χ1) is 19.5. The number of ether oxygens (including phenoxy) is 1. The summed E-state index contributed by atoms with van der Waals surface area (Å²) >= 11 is 0. The molecule has 0 aromatic heterocycles. The molecule has 2 amide bonds. The number of para-hydroxylation sites is 2. The number of anilines is 1. The van der Waals surface area contributed by atoms with E-state index in [0.717, 1.165) is 11.8 Å². The van der Waals surface area contributed by atoms with E-state index in [-0.39, 0.29) is 50.2 Å². The minimum atomic E-state index is -3.68. The first-order valence-corrected chi connectivity index (χ1v) is 15.3. The summed E-state index contributed by atoms with van der Waals surface area (Å²) in [4.78, 5) is 28.8. The molecule has 0 aliphatic carbocycles. The number of carbonyl (C=O) groups is 2. The first-order valence-electron chi connectivity index (χ1n) is 13.5. The molecule has 0 radical (unpaired) electrons. The number of hydrogen-bond acceptors (Lipinski definition) is 5. The second-order valence-corrected chi connectivity index (χ2v) is 12.0. The summed E-state index contributed by atoms with van der Waals surface area (Å²) in [6.07, 6.45) is 1.58. The third-order valence-electron chi connectivity index (χ3n) is 6.47. The van der Waals surface area contributed by atoms with Gasteiger partial charge in [0.25, 0.3) is 0 Å². The highest BCUT2D eigenvalue weighted by atomic mass is 32.2. The quantitative estimate of drug-likeness (QED) is 0.301.